The maximum absolute atomic E-state index is 12.7. The fourth-order valence-corrected chi connectivity index (χ4v) is 3.39. The number of amides is 2. The van der Waals surface area contributed by atoms with Crippen molar-refractivity contribution in [2.24, 2.45) is 0 Å². The first-order valence-electron chi connectivity index (χ1n) is 7.74. The van der Waals surface area contributed by atoms with E-state index in [0.717, 1.165) is 32.6 Å². The molecule has 3 atom stereocenters. The second-order valence-electron chi connectivity index (χ2n) is 6.13. The van der Waals surface area contributed by atoms with Crippen LogP contribution in [-0.4, -0.2) is 51.1 Å². The van der Waals surface area contributed by atoms with Crippen LogP contribution >= 0.6 is 0 Å². The number of nitrogens with one attached hydrogen (secondary N) is 2. The van der Waals surface area contributed by atoms with E-state index in [2.05, 4.69) is 7.05 Å². The van der Waals surface area contributed by atoms with Crippen LogP contribution in [0.4, 0.5) is 5.69 Å². The summed E-state index contributed by atoms with van der Waals surface area (Å²) in [6.45, 7) is 4.18. The molecule has 21 heavy (non-hydrogen) atoms. The van der Waals surface area contributed by atoms with Crippen LogP contribution < -0.4 is 14.7 Å². The van der Waals surface area contributed by atoms with Gasteiger partial charge in [0.25, 0.3) is 5.91 Å². The van der Waals surface area contributed by atoms with E-state index >= 15 is 0 Å². The van der Waals surface area contributed by atoms with Gasteiger partial charge in [-0.15, -0.1) is 0 Å². The average molecular weight is 289 g/mol. The van der Waals surface area contributed by atoms with E-state index in [1.165, 1.54) is 14.7 Å². The lowest BCUT2D eigenvalue weighted by Gasteiger charge is -2.22. The maximum atomic E-state index is 12.7. The predicted molar refractivity (Wildman–Crippen MR) is 79.3 cm³/mol. The van der Waals surface area contributed by atoms with E-state index in [4.69, 9.17) is 0 Å². The van der Waals surface area contributed by atoms with E-state index in [-0.39, 0.29) is 17.9 Å². The third-order valence-electron chi connectivity index (χ3n) is 4.63. The Hall–Kier alpha value is -1.72. The molecule has 2 aliphatic heterocycles. The summed E-state index contributed by atoms with van der Waals surface area (Å²) in [5.41, 5.74) is 0.701. The van der Waals surface area contributed by atoms with Crippen LogP contribution in [0.3, 0.4) is 0 Å². The minimum atomic E-state index is -0.191. The summed E-state index contributed by atoms with van der Waals surface area (Å²) in [5, 5.41) is 0. The first-order chi connectivity index (χ1) is 10.2. The number of imide groups is 1. The Morgan fingerprint density at radius 3 is 2.57 bits per heavy atom. The number of para-hydroxylation sites is 1. The number of nitrogens with zero attached hydrogens (tertiary/aromatic N) is 1. The zero-order valence-corrected chi connectivity index (χ0v) is 12.5. The quantitative estimate of drug-likeness (QED) is 0.626. The molecule has 5 heteroatoms. The topological polar surface area (TPSA) is 46.3 Å². The number of benzene rings is 1. The number of quaternary nitrogens is 2. The van der Waals surface area contributed by atoms with Crippen molar-refractivity contribution in [3.8, 4) is 0 Å². The second-order valence-corrected chi connectivity index (χ2v) is 6.13. The number of carbonyl (C=O) groups is 2. The summed E-state index contributed by atoms with van der Waals surface area (Å²) in [5.74, 6) is -0.0885. The van der Waals surface area contributed by atoms with Crippen molar-refractivity contribution < 1.29 is 19.4 Å². The molecule has 2 amide bonds. The molecule has 112 valence electrons. The van der Waals surface area contributed by atoms with Gasteiger partial charge in [0.2, 0.25) is 5.91 Å². The van der Waals surface area contributed by atoms with Crippen molar-refractivity contribution in [3.63, 3.8) is 0 Å². The molecule has 0 aliphatic carbocycles. The Labute approximate surface area is 125 Å². The van der Waals surface area contributed by atoms with Crippen molar-refractivity contribution in [3.05, 3.63) is 30.3 Å². The third kappa shape index (κ3) is 2.84. The zero-order chi connectivity index (χ0) is 14.8. The Balaban J connectivity index is 1.77. The Morgan fingerprint density at radius 1 is 1.05 bits per heavy atom. The van der Waals surface area contributed by atoms with Crippen molar-refractivity contribution in [2.75, 3.05) is 38.1 Å². The van der Waals surface area contributed by atoms with Crippen molar-refractivity contribution >= 4 is 17.5 Å². The molecule has 3 rings (SSSR count). The summed E-state index contributed by atoms with van der Waals surface area (Å²) < 4.78 is 0. The molecule has 3 unspecified atom stereocenters. The van der Waals surface area contributed by atoms with E-state index < -0.39 is 0 Å². The largest absolute Gasteiger partial charge is 0.333 e. The van der Waals surface area contributed by atoms with Crippen LogP contribution in [0.15, 0.2) is 30.3 Å². The highest BCUT2D eigenvalue weighted by atomic mass is 16.2. The van der Waals surface area contributed by atoms with Gasteiger partial charge in [-0.1, -0.05) is 18.2 Å². The van der Waals surface area contributed by atoms with Crippen molar-refractivity contribution in [1.82, 2.24) is 0 Å². The van der Waals surface area contributed by atoms with Gasteiger partial charge in [-0.2, -0.15) is 0 Å². The minimum Gasteiger partial charge on any atom is -0.333 e. The van der Waals surface area contributed by atoms with Gasteiger partial charge in [-0.05, 0) is 12.1 Å². The lowest BCUT2D eigenvalue weighted by atomic mass is 10.2. The Bertz CT molecular complexity index is 532. The van der Waals surface area contributed by atoms with Crippen LogP contribution in [0, 0.1) is 0 Å². The molecule has 2 fully saturated rings. The summed E-state index contributed by atoms with van der Waals surface area (Å²) in [4.78, 5) is 29.1. The molecule has 1 aromatic carbocycles. The van der Waals surface area contributed by atoms with Gasteiger partial charge in [-0.3, -0.25) is 9.59 Å². The van der Waals surface area contributed by atoms with Gasteiger partial charge in [-0.25, -0.2) is 4.90 Å². The third-order valence-corrected chi connectivity index (χ3v) is 4.63. The number of anilines is 1. The monoisotopic (exact) mass is 289 g/mol. The number of rotatable bonds is 2. The first-order valence-corrected chi connectivity index (χ1v) is 7.74. The van der Waals surface area contributed by atoms with Crippen molar-refractivity contribution in [1.29, 1.82) is 0 Å². The lowest BCUT2D eigenvalue weighted by molar-refractivity contribution is -0.939. The van der Waals surface area contributed by atoms with Crippen LogP contribution in [-0.2, 0) is 9.59 Å². The number of hydrogen-bond donors (Lipinski definition) is 2. The highest BCUT2D eigenvalue weighted by Crippen LogP contribution is 2.21. The fourth-order valence-electron chi connectivity index (χ4n) is 3.39. The smallest absolute Gasteiger partial charge is 0.292 e. The van der Waals surface area contributed by atoms with Gasteiger partial charge < -0.3 is 9.80 Å². The molecule has 1 aromatic rings. The van der Waals surface area contributed by atoms with Gasteiger partial charge in [0.1, 0.15) is 13.1 Å². The molecule has 2 heterocycles. The maximum Gasteiger partial charge on any atom is 0.292 e. The van der Waals surface area contributed by atoms with Gasteiger partial charge in [0, 0.05) is 6.42 Å². The van der Waals surface area contributed by atoms with Crippen molar-refractivity contribution in [2.45, 2.75) is 18.9 Å². The molecule has 0 saturated carbocycles. The highest BCUT2D eigenvalue weighted by molar-refractivity contribution is 6.21. The predicted octanol–water partition coefficient (Wildman–Crippen LogP) is -1.88. The zero-order valence-electron chi connectivity index (χ0n) is 12.5. The summed E-state index contributed by atoms with van der Waals surface area (Å²) in [6.07, 6.45) is 1.46. The summed E-state index contributed by atoms with van der Waals surface area (Å²) in [6, 6.07) is 9.08. The van der Waals surface area contributed by atoms with Crippen LogP contribution in [0.25, 0.3) is 0 Å². The van der Waals surface area contributed by atoms with Gasteiger partial charge in [0.15, 0.2) is 6.04 Å². The molecule has 0 spiro atoms. The molecular formula is C16H23N3O2+2. The average Bonchev–Trinajstić information content (AvgIpc) is 2.64. The number of carbonyl (C=O) groups excluding carboxylic acids is 2. The van der Waals surface area contributed by atoms with E-state index in [0.29, 0.717) is 12.1 Å². The van der Waals surface area contributed by atoms with E-state index in [1.807, 2.05) is 30.3 Å². The lowest BCUT2D eigenvalue weighted by Crippen LogP contribution is -3.19. The Morgan fingerprint density at radius 2 is 1.81 bits per heavy atom. The van der Waals surface area contributed by atoms with Gasteiger partial charge in [0.05, 0.1) is 32.2 Å². The fraction of sp³-hybridized carbons (Fsp3) is 0.500. The molecule has 2 saturated heterocycles. The Kier molecular flexibility index (Phi) is 4.03. The van der Waals surface area contributed by atoms with Crippen LogP contribution in [0.1, 0.15) is 12.8 Å². The summed E-state index contributed by atoms with van der Waals surface area (Å²) in [7, 11) is 2.20. The minimum absolute atomic E-state index is 0.0271. The van der Waals surface area contributed by atoms with Crippen LogP contribution in [0.5, 0.6) is 0 Å². The molecular weight excluding hydrogens is 266 g/mol. The molecule has 2 N–H and O–H groups in total. The summed E-state index contributed by atoms with van der Waals surface area (Å²) >= 11 is 0. The van der Waals surface area contributed by atoms with E-state index in [1.54, 1.807) is 0 Å². The molecule has 2 aliphatic rings. The standard InChI is InChI=1S/C16H21N3O2/c1-17-8-5-9-18(11-10-17)14-12-15(20)19(16(14)21)13-6-3-2-4-7-13/h2-4,6-7,14H,5,8-12H2,1H3/p+2. The van der Waals surface area contributed by atoms with E-state index in [9.17, 15) is 9.59 Å². The first kappa shape index (κ1) is 14.2. The second kappa shape index (κ2) is 5.95. The number of hydrogen-bond acceptors (Lipinski definition) is 2. The van der Waals surface area contributed by atoms with Crippen LogP contribution in [0.2, 0.25) is 0 Å². The molecule has 5 nitrogen and oxygen atoms in total. The van der Waals surface area contributed by atoms with Gasteiger partial charge >= 0.3 is 0 Å². The normalized spacial score (nSPS) is 30.5. The molecule has 0 bridgehead atoms. The molecule has 0 aromatic heterocycles. The SMILES string of the molecule is C[NH+]1CCC[NH+](C2CC(=O)N(c3ccccc3)C2=O)CC1. The molecule has 0 radical (unpaired) electrons. The highest BCUT2D eigenvalue weighted by Gasteiger charge is 2.46. The number of likely N-dealkylation sites (N-methyl/N-ethyl adjacent to an activating group) is 1.